The van der Waals surface area contributed by atoms with E-state index in [-0.39, 0.29) is 11.8 Å². The fourth-order valence-corrected chi connectivity index (χ4v) is 2.38. The molecule has 2 N–H and O–H groups in total. The molecule has 5 heteroatoms. The van der Waals surface area contributed by atoms with E-state index in [1.165, 1.54) is 0 Å². The molecule has 2 rings (SSSR count). The lowest BCUT2D eigenvalue weighted by Crippen LogP contribution is -2.13. The van der Waals surface area contributed by atoms with Gasteiger partial charge < -0.3 is 15.4 Å². The largest absolute Gasteiger partial charge is 0.497 e. The first-order chi connectivity index (χ1) is 12.1. The number of carbonyl (C=O) groups excluding carboxylic acids is 2. The number of rotatable bonds is 8. The Kier molecular flexibility index (Phi) is 7.01. The smallest absolute Gasteiger partial charge is 0.255 e. The van der Waals surface area contributed by atoms with Crippen molar-refractivity contribution < 1.29 is 14.3 Å². The fraction of sp³-hybridized carbons (Fsp3) is 0.300. The summed E-state index contributed by atoms with van der Waals surface area (Å²) in [7, 11) is 1.58. The molecule has 132 valence electrons. The van der Waals surface area contributed by atoms with Gasteiger partial charge in [0, 0.05) is 23.4 Å². The predicted octanol–water partition coefficient (Wildman–Crippen LogP) is 4.47. The predicted molar refractivity (Wildman–Crippen MR) is 100 cm³/mol. The van der Waals surface area contributed by atoms with Crippen molar-refractivity contribution in [2.45, 2.75) is 32.6 Å². The Hall–Kier alpha value is -2.82. The molecule has 0 spiro atoms. The van der Waals surface area contributed by atoms with Crippen LogP contribution >= 0.6 is 0 Å². The Balaban J connectivity index is 1.95. The third kappa shape index (κ3) is 5.95. The van der Waals surface area contributed by atoms with Crippen molar-refractivity contribution in [1.29, 1.82) is 0 Å². The molecule has 0 heterocycles. The van der Waals surface area contributed by atoms with Gasteiger partial charge in [-0.25, -0.2) is 0 Å². The summed E-state index contributed by atoms with van der Waals surface area (Å²) in [6.45, 7) is 2.10. The average Bonchev–Trinajstić information content (AvgIpc) is 2.62. The van der Waals surface area contributed by atoms with E-state index in [0.717, 1.165) is 19.3 Å². The summed E-state index contributed by atoms with van der Waals surface area (Å²) < 4.78 is 5.08. The molecule has 0 unspecified atom stereocenters. The van der Waals surface area contributed by atoms with E-state index in [9.17, 15) is 9.59 Å². The Labute approximate surface area is 148 Å². The molecule has 25 heavy (non-hydrogen) atoms. The summed E-state index contributed by atoms with van der Waals surface area (Å²) in [4.78, 5) is 24.2. The number of methoxy groups -OCH3 is 1. The van der Waals surface area contributed by atoms with E-state index in [4.69, 9.17) is 4.74 Å². The number of benzene rings is 2. The summed E-state index contributed by atoms with van der Waals surface area (Å²) >= 11 is 0. The Morgan fingerprint density at radius 3 is 2.28 bits per heavy atom. The standard InChI is InChI=1S/C20H24N2O3/c1-3-4-5-9-19(23)21-16-7-6-8-17(14-16)22-20(24)15-10-12-18(25-2)13-11-15/h6-8,10-14H,3-5,9H2,1-2H3,(H,21,23)(H,22,24). The Morgan fingerprint density at radius 2 is 1.64 bits per heavy atom. The maximum absolute atomic E-state index is 12.3. The number of carbonyl (C=O) groups is 2. The zero-order valence-corrected chi connectivity index (χ0v) is 14.7. The van der Waals surface area contributed by atoms with Crippen molar-refractivity contribution in [2.24, 2.45) is 0 Å². The molecule has 0 atom stereocenters. The molecule has 0 aliphatic rings. The number of hydrogen-bond donors (Lipinski definition) is 2. The first-order valence-electron chi connectivity index (χ1n) is 8.47. The third-order valence-corrected chi connectivity index (χ3v) is 3.76. The molecule has 0 aliphatic heterocycles. The van der Waals surface area contributed by atoms with E-state index in [2.05, 4.69) is 17.6 Å². The summed E-state index contributed by atoms with van der Waals surface area (Å²) in [6, 6.07) is 14.0. The number of nitrogens with one attached hydrogen (secondary N) is 2. The highest BCUT2D eigenvalue weighted by molar-refractivity contribution is 6.04. The lowest BCUT2D eigenvalue weighted by atomic mass is 10.2. The average molecular weight is 340 g/mol. The quantitative estimate of drug-likeness (QED) is 0.697. The van der Waals surface area contributed by atoms with Gasteiger partial charge in [0.15, 0.2) is 0 Å². The van der Waals surface area contributed by atoms with Crippen LogP contribution in [-0.4, -0.2) is 18.9 Å². The lowest BCUT2D eigenvalue weighted by Gasteiger charge is -2.09. The fourth-order valence-electron chi connectivity index (χ4n) is 2.38. The second-order valence-electron chi connectivity index (χ2n) is 5.77. The Bertz CT molecular complexity index is 711. The van der Waals surface area contributed by atoms with Crippen LogP contribution in [0.3, 0.4) is 0 Å². The van der Waals surface area contributed by atoms with Gasteiger partial charge in [-0.1, -0.05) is 25.8 Å². The number of hydrogen-bond acceptors (Lipinski definition) is 3. The molecule has 2 aromatic carbocycles. The lowest BCUT2D eigenvalue weighted by molar-refractivity contribution is -0.116. The van der Waals surface area contributed by atoms with E-state index in [1.54, 1.807) is 55.6 Å². The summed E-state index contributed by atoms with van der Waals surface area (Å²) in [6.07, 6.45) is 3.53. The molecule has 2 aromatic rings. The van der Waals surface area contributed by atoms with Gasteiger partial charge in [0.2, 0.25) is 5.91 Å². The van der Waals surface area contributed by atoms with Crippen molar-refractivity contribution in [2.75, 3.05) is 17.7 Å². The molecule has 0 fully saturated rings. The summed E-state index contributed by atoms with van der Waals surface area (Å²) in [5.74, 6) is 0.477. The maximum Gasteiger partial charge on any atom is 0.255 e. The van der Waals surface area contributed by atoms with Crippen LogP contribution in [0.2, 0.25) is 0 Å². The van der Waals surface area contributed by atoms with Crippen LogP contribution in [0.4, 0.5) is 11.4 Å². The zero-order chi connectivity index (χ0) is 18.1. The van der Waals surface area contributed by atoms with Crippen LogP contribution < -0.4 is 15.4 Å². The van der Waals surface area contributed by atoms with Gasteiger partial charge in [-0.2, -0.15) is 0 Å². The normalized spacial score (nSPS) is 10.2. The van der Waals surface area contributed by atoms with Crippen molar-refractivity contribution >= 4 is 23.2 Å². The van der Waals surface area contributed by atoms with Crippen LogP contribution in [0.5, 0.6) is 5.75 Å². The Morgan fingerprint density at radius 1 is 0.960 bits per heavy atom. The molecule has 0 radical (unpaired) electrons. The van der Waals surface area contributed by atoms with E-state index >= 15 is 0 Å². The van der Waals surface area contributed by atoms with Crippen LogP contribution in [-0.2, 0) is 4.79 Å². The van der Waals surface area contributed by atoms with E-state index in [1.807, 2.05) is 0 Å². The number of ether oxygens (including phenoxy) is 1. The van der Waals surface area contributed by atoms with Crippen LogP contribution in [0, 0.1) is 0 Å². The van der Waals surface area contributed by atoms with E-state index in [0.29, 0.717) is 29.1 Å². The summed E-state index contributed by atoms with van der Waals surface area (Å²) in [5.41, 5.74) is 1.84. The van der Waals surface area contributed by atoms with Gasteiger partial charge in [0.1, 0.15) is 5.75 Å². The monoisotopic (exact) mass is 340 g/mol. The first-order valence-corrected chi connectivity index (χ1v) is 8.47. The highest BCUT2D eigenvalue weighted by atomic mass is 16.5. The number of anilines is 2. The molecular formula is C20H24N2O3. The minimum absolute atomic E-state index is 0.00733. The van der Waals surface area contributed by atoms with Crippen molar-refractivity contribution in [3.05, 3.63) is 54.1 Å². The van der Waals surface area contributed by atoms with Gasteiger partial charge in [-0.05, 0) is 48.9 Å². The SMILES string of the molecule is CCCCCC(=O)Nc1cccc(NC(=O)c2ccc(OC)cc2)c1. The minimum Gasteiger partial charge on any atom is -0.497 e. The number of unbranched alkanes of at least 4 members (excludes halogenated alkanes) is 2. The molecular weight excluding hydrogens is 316 g/mol. The molecule has 0 aromatic heterocycles. The van der Waals surface area contributed by atoms with Gasteiger partial charge in [0.25, 0.3) is 5.91 Å². The summed E-state index contributed by atoms with van der Waals surface area (Å²) in [5, 5.41) is 5.69. The second-order valence-corrected chi connectivity index (χ2v) is 5.77. The third-order valence-electron chi connectivity index (χ3n) is 3.76. The zero-order valence-electron chi connectivity index (χ0n) is 14.7. The molecule has 5 nitrogen and oxygen atoms in total. The molecule has 0 aliphatic carbocycles. The highest BCUT2D eigenvalue weighted by Gasteiger charge is 2.08. The molecule has 0 saturated heterocycles. The van der Waals surface area contributed by atoms with Crippen LogP contribution in [0.25, 0.3) is 0 Å². The molecule has 2 amide bonds. The topological polar surface area (TPSA) is 67.4 Å². The maximum atomic E-state index is 12.3. The van der Waals surface area contributed by atoms with Crippen molar-refractivity contribution in [3.63, 3.8) is 0 Å². The first kappa shape index (κ1) is 18.5. The van der Waals surface area contributed by atoms with Gasteiger partial charge >= 0.3 is 0 Å². The van der Waals surface area contributed by atoms with Crippen molar-refractivity contribution in [1.82, 2.24) is 0 Å². The van der Waals surface area contributed by atoms with E-state index < -0.39 is 0 Å². The highest BCUT2D eigenvalue weighted by Crippen LogP contribution is 2.18. The molecule has 0 saturated carbocycles. The van der Waals surface area contributed by atoms with Crippen LogP contribution in [0.15, 0.2) is 48.5 Å². The molecule has 0 bridgehead atoms. The minimum atomic E-state index is -0.214. The van der Waals surface area contributed by atoms with Gasteiger partial charge in [0.05, 0.1) is 7.11 Å². The van der Waals surface area contributed by atoms with Crippen LogP contribution in [0.1, 0.15) is 43.0 Å². The van der Waals surface area contributed by atoms with Gasteiger partial charge in [-0.3, -0.25) is 9.59 Å². The second kappa shape index (κ2) is 9.47. The van der Waals surface area contributed by atoms with Gasteiger partial charge in [-0.15, -0.1) is 0 Å². The van der Waals surface area contributed by atoms with Crippen molar-refractivity contribution in [3.8, 4) is 5.75 Å². The number of amides is 2.